The van der Waals surface area contributed by atoms with E-state index in [2.05, 4.69) is 110 Å². The molecule has 4 nitrogen and oxygen atoms in total. The Kier molecular flexibility index (Phi) is 5.81. The highest BCUT2D eigenvalue weighted by molar-refractivity contribution is 5.71. The molecule has 2 aromatic heterocycles. The van der Waals surface area contributed by atoms with Crippen LogP contribution in [0, 0.1) is 10.8 Å². The Hall–Kier alpha value is -3.14. The molecule has 0 aliphatic heterocycles. The zero-order valence-corrected chi connectivity index (χ0v) is 20.1. The first-order chi connectivity index (χ1) is 15.1. The summed E-state index contributed by atoms with van der Waals surface area (Å²) in [5, 5.41) is 0. The van der Waals surface area contributed by atoms with E-state index in [1.165, 1.54) is 11.1 Å². The average molecular weight is 427 g/mol. The van der Waals surface area contributed by atoms with Crippen LogP contribution < -0.4 is 0 Å². The van der Waals surface area contributed by atoms with Crippen LogP contribution in [0.2, 0.25) is 0 Å². The molecule has 0 radical (unpaired) electrons. The highest BCUT2D eigenvalue weighted by Crippen LogP contribution is 2.28. The number of rotatable bonds is 5. The molecule has 0 atom stereocenters. The second-order valence-electron chi connectivity index (χ2n) is 11.1. The van der Waals surface area contributed by atoms with Gasteiger partial charge in [-0.3, -0.25) is 0 Å². The normalized spacial score (nSPS) is 12.3. The molecule has 0 unspecified atom stereocenters. The lowest BCUT2D eigenvalue weighted by molar-refractivity contribution is 0.402. The zero-order valence-electron chi connectivity index (χ0n) is 20.1. The third-order valence-electron chi connectivity index (χ3n) is 5.38. The van der Waals surface area contributed by atoms with Gasteiger partial charge in [0.2, 0.25) is 0 Å². The number of hydrogen-bond acceptors (Lipinski definition) is 2. The number of aromatic nitrogens is 4. The molecule has 166 valence electrons. The van der Waals surface area contributed by atoms with Gasteiger partial charge >= 0.3 is 0 Å². The molecular weight excluding hydrogens is 392 g/mol. The van der Waals surface area contributed by atoms with Gasteiger partial charge in [0, 0.05) is 12.8 Å². The van der Waals surface area contributed by atoms with E-state index in [9.17, 15) is 0 Å². The van der Waals surface area contributed by atoms with Crippen LogP contribution in [0.15, 0.2) is 60.9 Å². The number of hydrogen-bond donors (Lipinski definition) is 2. The summed E-state index contributed by atoms with van der Waals surface area (Å²) in [6.07, 6.45) is 5.74. The molecule has 32 heavy (non-hydrogen) atoms. The Bertz CT molecular complexity index is 1070. The van der Waals surface area contributed by atoms with Crippen molar-refractivity contribution in [1.29, 1.82) is 0 Å². The van der Waals surface area contributed by atoms with Crippen molar-refractivity contribution in [1.82, 2.24) is 19.9 Å². The van der Waals surface area contributed by atoms with E-state index in [1.54, 1.807) is 0 Å². The highest BCUT2D eigenvalue weighted by Gasteiger charge is 2.15. The molecule has 2 N–H and O–H groups in total. The van der Waals surface area contributed by atoms with E-state index in [0.29, 0.717) is 0 Å². The lowest BCUT2D eigenvalue weighted by Crippen LogP contribution is -2.10. The molecule has 4 heteroatoms. The monoisotopic (exact) mass is 426 g/mol. The second-order valence-corrected chi connectivity index (χ2v) is 11.1. The fourth-order valence-corrected chi connectivity index (χ4v) is 3.89. The van der Waals surface area contributed by atoms with Crippen LogP contribution in [-0.4, -0.2) is 19.9 Å². The number of nitrogens with one attached hydrogen (secondary N) is 2. The summed E-state index contributed by atoms with van der Waals surface area (Å²) in [6.45, 7) is 13.4. The van der Waals surface area contributed by atoms with Gasteiger partial charge in [0.25, 0.3) is 0 Å². The van der Waals surface area contributed by atoms with E-state index in [0.717, 1.165) is 47.0 Å². The van der Waals surface area contributed by atoms with Gasteiger partial charge in [0.05, 0.1) is 23.8 Å². The largest absolute Gasteiger partial charge is 0.342 e. The molecule has 0 bridgehead atoms. The Morgan fingerprint density at radius 2 is 0.844 bits per heavy atom. The van der Waals surface area contributed by atoms with Gasteiger partial charge in [0.15, 0.2) is 0 Å². The number of aromatic amines is 2. The van der Waals surface area contributed by atoms with Gasteiger partial charge in [0.1, 0.15) is 11.6 Å². The molecule has 0 aliphatic carbocycles. The van der Waals surface area contributed by atoms with Crippen LogP contribution in [-0.2, 0) is 12.8 Å². The van der Waals surface area contributed by atoms with Crippen molar-refractivity contribution in [3.63, 3.8) is 0 Å². The summed E-state index contributed by atoms with van der Waals surface area (Å²) in [5.41, 5.74) is 7.28. The molecule has 0 aliphatic rings. The number of benzene rings is 2. The summed E-state index contributed by atoms with van der Waals surface area (Å²) in [6, 6.07) is 17.3. The lowest BCUT2D eigenvalue weighted by atomic mass is 9.92. The van der Waals surface area contributed by atoms with Crippen LogP contribution in [0.4, 0.5) is 0 Å². The second kappa shape index (κ2) is 8.42. The first-order valence-corrected chi connectivity index (χ1v) is 11.3. The van der Waals surface area contributed by atoms with E-state index in [1.807, 2.05) is 12.4 Å². The standard InChI is InChI=1S/C28H34N4/c1-27(2,3)15-25-29-17-23(31-25)21-11-7-19(8-12-21)20-9-13-22(14-10-20)24-18-30-26(32-24)16-28(4,5)6/h7-14,17-18H,15-16H2,1-6H3,(H,29,31)(H,30,32). The number of H-pyrrole nitrogens is 2. The quantitative estimate of drug-likeness (QED) is 0.351. The minimum absolute atomic E-state index is 0.218. The van der Waals surface area contributed by atoms with Crippen molar-refractivity contribution in [2.45, 2.75) is 54.4 Å². The number of nitrogens with zero attached hydrogens (tertiary/aromatic N) is 2. The third kappa shape index (κ3) is 5.56. The fourth-order valence-electron chi connectivity index (χ4n) is 3.89. The van der Waals surface area contributed by atoms with Crippen molar-refractivity contribution < 1.29 is 0 Å². The van der Waals surface area contributed by atoms with Gasteiger partial charge in [-0.2, -0.15) is 0 Å². The Morgan fingerprint density at radius 3 is 1.16 bits per heavy atom. The molecule has 4 aromatic rings. The van der Waals surface area contributed by atoms with Crippen molar-refractivity contribution >= 4 is 0 Å². The smallest absolute Gasteiger partial charge is 0.107 e. The highest BCUT2D eigenvalue weighted by atomic mass is 14.9. The van der Waals surface area contributed by atoms with Crippen LogP contribution in [0.25, 0.3) is 33.6 Å². The van der Waals surface area contributed by atoms with Crippen LogP contribution >= 0.6 is 0 Å². The first kappa shape index (κ1) is 22.1. The molecule has 0 saturated carbocycles. The Labute approximate surface area is 191 Å². The minimum Gasteiger partial charge on any atom is -0.342 e. The molecule has 0 amide bonds. The van der Waals surface area contributed by atoms with Crippen molar-refractivity contribution in [2.75, 3.05) is 0 Å². The van der Waals surface area contributed by atoms with Gasteiger partial charge in [-0.15, -0.1) is 0 Å². The molecule has 0 spiro atoms. The van der Waals surface area contributed by atoms with Crippen molar-refractivity contribution in [3.8, 4) is 33.6 Å². The van der Waals surface area contributed by atoms with Crippen LogP contribution in [0.1, 0.15) is 53.2 Å². The first-order valence-electron chi connectivity index (χ1n) is 11.3. The maximum atomic E-state index is 4.55. The van der Waals surface area contributed by atoms with E-state index < -0.39 is 0 Å². The molecule has 2 heterocycles. The lowest BCUT2D eigenvalue weighted by Gasteiger charge is -2.15. The zero-order chi connectivity index (χ0) is 22.9. The van der Waals surface area contributed by atoms with Gasteiger partial charge < -0.3 is 9.97 Å². The SMILES string of the molecule is CC(C)(C)Cc1ncc(-c2ccc(-c3ccc(-c4cnc(CC(C)(C)C)[nH]4)cc3)cc2)[nH]1. The van der Waals surface area contributed by atoms with Crippen molar-refractivity contribution in [3.05, 3.63) is 72.6 Å². The van der Waals surface area contributed by atoms with Crippen molar-refractivity contribution in [2.24, 2.45) is 10.8 Å². The maximum Gasteiger partial charge on any atom is 0.107 e. The molecular formula is C28H34N4. The predicted molar refractivity (Wildman–Crippen MR) is 133 cm³/mol. The van der Waals surface area contributed by atoms with Crippen LogP contribution in [0.3, 0.4) is 0 Å². The summed E-state index contributed by atoms with van der Waals surface area (Å²) < 4.78 is 0. The van der Waals surface area contributed by atoms with E-state index in [4.69, 9.17) is 0 Å². The predicted octanol–water partition coefficient (Wildman–Crippen LogP) is 7.31. The average Bonchev–Trinajstić information content (AvgIpc) is 3.35. The fraction of sp³-hybridized carbons (Fsp3) is 0.357. The Balaban J connectivity index is 1.47. The molecule has 0 saturated heterocycles. The van der Waals surface area contributed by atoms with E-state index >= 15 is 0 Å². The van der Waals surface area contributed by atoms with Gasteiger partial charge in [-0.1, -0.05) is 90.1 Å². The van der Waals surface area contributed by atoms with Gasteiger partial charge in [-0.05, 0) is 33.1 Å². The third-order valence-corrected chi connectivity index (χ3v) is 5.38. The molecule has 2 aromatic carbocycles. The molecule has 4 rings (SSSR count). The minimum atomic E-state index is 0.218. The van der Waals surface area contributed by atoms with E-state index in [-0.39, 0.29) is 10.8 Å². The summed E-state index contributed by atoms with van der Waals surface area (Å²) >= 11 is 0. The maximum absolute atomic E-state index is 4.55. The number of imidazole rings is 2. The molecule has 0 fully saturated rings. The van der Waals surface area contributed by atoms with Crippen LogP contribution in [0.5, 0.6) is 0 Å². The topological polar surface area (TPSA) is 57.4 Å². The Morgan fingerprint density at radius 1 is 0.531 bits per heavy atom. The summed E-state index contributed by atoms with van der Waals surface area (Å²) in [5.74, 6) is 2.08. The summed E-state index contributed by atoms with van der Waals surface area (Å²) in [7, 11) is 0. The summed E-state index contributed by atoms with van der Waals surface area (Å²) in [4.78, 5) is 16.0. The van der Waals surface area contributed by atoms with Gasteiger partial charge in [-0.25, -0.2) is 9.97 Å².